The van der Waals surface area contributed by atoms with Gasteiger partial charge in [-0.1, -0.05) is 48.0 Å². The van der Waals surface area contributed by atoms with Gasteiger partial charge in [-0.15, -0.1) is 0 Å². The highest BCUT2D eigenvalue weighted by Gasteiger charge is 2.19. The monoisotopic (exact) mass is 197 g/mol. The third kappa shape index (κ3) is 5.67. The molecular weight excluding hydrogens is 168 g/mol. The molecule has 0 heterocycles. The zero-order chi connectivity index (χ0) is 11.1. The van der Waals surface area contributed by atoms with Crippen LogP contribution in [0.5, 0.6) is 0 Å². The van der Waals surface area contributed by atoms with Crippen LogP contribution in [-0.2, 0) is 0 Å². The third-order valence-electron chi connectivity index (χ3n) is 3.24. The summed E-state index contributed by atoms with van der Waals surface area (Å²) in [4.78, 5) is 0. The minimum absolute atomic E-state index is 0.832. The molecule has 0 aromatic carbocycles. The molecule has 0 nitrogen and oxygen atoms in total. The maximum atomic E-state index is 2.42. The second-order valence-corrected chi connectivity index (χ2v) is 5.43. The van der Waals surface area contributed by atoms with Gasteiger partial charge in [-0.3, -0.25) is 0 Å². The first-order valence-corrected chi connectivity index (χ1v) is 6.30. The van der Waals surface area contributed by atoms with Crippen LogP contribution in [-0.4, -0.2) is 0 Å². The van der Waals surface area contributed by atoms with Crippen molar-refractivity contribution in [1.29, 1.82) is 0 Å². The molecule has 0 saturated heterocycles. The van der Waals surface area contributed by atoms with E-state index in [0.29, 0.717) is 0 Å². The molecule has 0 aromatic heterocycles. The number of hydrogen-bond acceptors (Lipinski definition) is 0. The average molecular weight is 197 g/mol. The summed E-state index contributed by atoms with van der Waals surface area (Å²) >= 11 is 0. The van der Waals surface area contributed by atoms with Gasteiger partial charge in [-0.05, 0) is 42.9 Å². The van der Waals surface area contributed by atoms with Gasteiger partial charge in [0.05, 0.1) is 0 Å². The number of unbranched alkanes of at least 4 members (excludes halogenated alkanes) is 1. The molecule has 0 aliphatic heterocycles. The molecule has 0 N–H and O–H groups in total. The Kier molecular flexibility index (Phi) is 7.31. The normalized spacial score (nSPS) is 14.4. The summed E-state index contributed by atoms with van der Waals surface area (Å²) in [6.45, 7) is 14.1. The Morgan fingerprint density at radius 2 is 1.43 bits per heavy atom. The van der Waals surface area contributed by atoms with Crippen LogP contribution < -0.4 is 0 Å². The van der Waals surface area contributed by atoms with Gasteiger partial charge in [0.2, 0.25) is 0 Å². The highest BCUT2D eigenvalue weighted by molar-refractivity contribution is 4.73. The Hall–Kier alpha value is 0. The molecule has 1 unspecified atom stereocenters. The maximum absolute atomic E-state index is 2.42. The molecule has 0 heteroatoms. The molecule has 0 bridgehead atoms. The molecule has 1 radical (unpaired) electrons. The van der Waals surface area contributed by atoms with E-state index < -0.39 is 0 Å². The minimum Gasteiger partial charge on any atom is -0.0651 e. The quantitative estimate of drug-likeness (QED) is 0.542. The van der Waals surface area contributed by atoms with Gasteiger partial charge in [0, 0.05) is 0 Å². The first-order chi connectivity index (χ1) is 6.49. The zero-order valence-corrected chi connectivity index (χ0v) is 11.0. The van der Waals surface area contributed by atoms with Crippen molar-refractivity contribution in [3.63, 3.8) is 0 Å². The first kappa shape index (κ1) is 14.0. The van der Waals surface area contributed by atoms with Crippen LogP contribution in [0.1, 0.15) is 60.8 Å². The van der Waals surface area contributed by atoms with E-state index in [2.05, 4.69) is 48.0 Å². The predicted molar refractivity (Wildman–Crippen MR) is 66.2 cm³/mol. The van der Waals surface area contributed by atoms with Crippen molar-refractivity contribution in [2.45, 2.75) is 60.8 Å². The Labute approximate surface area is 91.5 Å². The smallest absolute Gasteiger partial charge is 0.0365 e. The van der Waals surface area contributed by atoms with Crippen molar-refractivity contribution in [3.05, 3.63) is 6.42 Å². The summed E-state index contributed by atoms with van der Waals surface area (Å²) in [6.07, 6.45) is 6.33. The van der Waals surface area contributed by atoms with Crippen LogP contribution in [0.3, 0.4) is 0 Å². The summed E-state index contributed by atoms with van der Waals surface area (Å²) in [5.74, 6) is 3.43. The van der Waals surface area contributed by atoms with Gasteiger partial charge in [0.25, 0.3) is 0 Å². The molecular formula is C14H29. The highest BCUT2D eigenvalue weighted by atomic mass is 14.2. The van der Waals surface area contributed by atoms with Gasteiger partial charge >= 0.3 is 0 Å². The van der Waals surface area contributed by atoms with Gasteiger partial charge in [-0.25, -0.2) is 0 Å². The van der Waals surface area contributed by atoms with Crippen molar-refractivity contribution >= 4 is 0 Å². The Morgan fingerprint density at radius 3 is 1.79 bits per heavy atom. The molecule has 0 rings (SSSR count). The summed E-state index contributed by atoms with van der Waals surface area (Å²) in [6, 6.07) is 0. The molecule has 0 spiro atoms. The lowest BCUT2D eigenvalue weighted by Crippen LogP contribution is -2.18. The Morgan fingerprint density at radius 1 is 0.929 bits per heavy atom. The molecule has 0 aliphatic rings. The fourth-order valence-electron chi connectivity index (χ4n) is 2.33. The van der Waals surface area contributed by atoms with E-state index in [4.69, 9.17) is 0 Å². The van der Waals surface area contributed by atoms with Gasteiger partial charge in [-0.2, -0.15) is 0 Å². The Balaban J connectivity index is 3.90. The van der Waals surface area contributed by atoms with Crippen LogP contribution in [0.4, 0.5) is 0 Å². The van der Waals surface area contributed by atoms with Gasteiger partial charge < -0.3 is 0 Å². The topological polar surface area (TPSA) is 0 Å². The molecule has 85 valence electrons. The van der Waals surface area contributed by atoms with E-state index in [-0.39, 0.29) is 0 Å². The second-order valence-electron chi connectivity index (χ2n) is 5.43. The van der Waals surface area contributed by atoms with Crippen LogP contribution in [0, 0.1) is 30.1 Å². The van der Waals surface area contributed by atoms with E-state index in [0.717, 1.165) is 23.7 Å². The molecule has 0 amide bonds. The van der Waals surface area contributed by atoms with Gasteiger partial charge in [0.15, 0.2) is 0 Å². The molecule has 0 aliphatic carbocycles. The van der Waals surface area contributed by atoms with E-state index in [1.54, 1.807) is 0 Å². The summed E-state index contributed by atoms with van der Waals surface area (Å²) in [5, 5.41) is 0. The van der Waals surface area contributed by atoms with Crippen molar-refractivity contribution < 1.29 is 0 Å². The van der Waals surface area contributed by atoms with Crippen molar-refractivity contribution in [2.24, 2.45) is 23.7 Å². The molecule has 1 atom stereocenters. The SMILES string of the molecule is CC[CH]CC(C)CC(C(C)C)C(C)C. The van der Waals surface area contributed by atoms with Crippen LogP contribution >= 0.6 is 0 Å². The minimum atomic E-state index is 0.832. The van der Waals surface area contributed by atoms with Crippen molar-refractivity contribution in [3.8, 4) is 0 Å². The molecule has 0 saturated carbocycles. The summed E-state index contributed by atoms with van der Waals surface area (Å²) in [7, 11) is 0. The van der Waals surface area contributed by atoms with Crippen LogP contribution in [0.15, 0.2) is 0 Å². The maximum Gasteiger partial charge on any atom is -0.0365 e. The largest absolute Gasteiger partial charge is 0.0651 e. The van der Waals surface area contributed by atoms with Crippen LogP contribution in [0.25, 0.3) is 0 Å². The fourth-order valence-corrected chi connectivity index (χ4v) is 2.33. The van der Waals surface area contributed by atoms with E-state index in [9.17, 15) is 0 Å². The number of hydrogen-bond donors (Lipinski definition) is 0. The van der Waals surface area contributed by atoms with E-state index in [1.807, 2.05) is 0 Å². The number of rotatable bonds is 7. The van der Waals surface area contributed by atoms with Crippen molar-refractivity contribution in [1.82, 2.24) is 0 Å². The van der Waals surface area contributed by atoms with Gasteiger partial charge in [0.1, 0.15) is 0 Å². The predicted octanol–water partition coefficient (Wildman–Crippen LogP) is 4.95. The second kappa shape index (κ2) is 7.31. The zero-order valence-electron chi connectivity index (χ0n) is 11.0. The highest BCUT2D eigenvalue weighted by Crippen LogP contribution is 2.29. The van der Waals surface area contributed by atoms with E-state index >= 15 is 0 Å². The first-order valence-electron chi connectivity index (χ1n) is 6.30. The lowest BCUT2D eigenvalue weighted by Gasteiger charge is -2.27. The van der Waals surface area contributed by atoms with E-state index in [1.165, 1.54) is 19.3 Å². The average Bonchev–Trinajstić information content (AvgIpc) is 2.09. The lowest BCUT2D eigenvalue weighted by atomic mass is 9.78. The molecule has 0 aromatic rings. The third-order valence-corrected chi connectivity index (χ3v) is 3.24. The molecule has 0 fully saturated rings. The Bertz CT molecular complexity index is 116. The fraction of sp³-hybridized carbons (Fsp3) is 0.929. The van der Waals surface area contributed by atoms with Crippen molar-refractivity contribution in [2.75, 3.05) is 0 Å². The summed E-state index contributed by atoms with van der Waals surface area (Å²) < 4.78 is 0. The lowest BCUT2D eigenvalue weighted by molar-refractivity contribution is 0.233. The summed E-state index contributed by atoms with van der Waals surface area (Å²) in [5.41, 5.74) is 0. The molecule has 14 heavy (non-hydrogen) atoms. The van der Waals surface area contributed by atoms with Crippen LogP contribution in [0.2, 0.25) is 0 Å². The standard InChI is InChI=1S/C14H29/c1-7-8-9-13(6)10-14(11(2)3)12(4)5/h8,11-14H,7,9-10H2,1-6H3.